The van der Waals surface area contributed by atoms with Crippen LogP contribution in [0.2, 0.25) is 0 Å². The number of aliphatic hydroxyl groups is 1. The van der Waals surface area contributed by atoms with Crippen LogP contribution in [-0.2, 0) is 12.8 Å². The van der Waals surface area contributed by atoms with E-state index in [4.69, 9.17) is 0 Å². The summed E-state index contributed by atoms with van der Waals surface area (Å²) >= 11 is 0. The second kappa shape index (κ2) is 4.87. The molecule has 0 amide bonds. The molecule has 3 aliphatic carbocycles. The Labute approximate surface area is 122 Å². The van der Waals surface area contributed by atoms with E-state index in [1.165, 1.54) is 49.7 Å². The lowest BCUT2D eigenvalue weighted by Crippen LogP contribution is -2.41. The Hall–Kier alpha value is -0.820. The summed E-state index contributed by atoms with van der Waals surface area (Å²) in [5, 5.41) is 11.5. The van der Waals surface area contributed by atoms with E-state index in [-0.39, 0.29) is 5.60 Å². The normalized spacial score (nSPS) is 36.9. The van der Waals surface area contributed by atoms with Gasteiger partial charge in [-0.25, -0.2) is 0 Å². The molecule has 1 heteroatoms. The van der Waals surface area contributed by atoms with Crippen LogP contribution >= 0.6 is 0 Å². The Morgan fingerprint density at radius 1 is 0.900 bits per heavy atom. The Kier molecular flexibility index (Phi) is 3.14. The summed E-state index contributed by atoms with van der Waals surface area (Å²) in [6.45, 7) is 0. The van der Waals surface area contributed by atoms with Crippen molar-refractivity contribution in [3.63, 3.8) is 0 Å². The molecule has 3 aliphatic rings. The molecule has 1 aromatic carbocycles. The van der Waals surface area contributed by atoms with Gasteiger partial charge in [-0.05, 0) is 61.0 Å². The fourth-order valence-corrected chi connectivity index (χ4v) is 5.29. The summed E-state index contributed by atoms with van der Waals surface area (Å²) in [5.74, 6) is 1.82. The van der Waals surface area contributed by atoms with Gasteiger partial charge >= 0.3 is 0 Å². The smallest absolute Gasteiger partial charge is 0.0712 e. The standard InChI is InChI=1S/C19H26O/c20-19(13-14-5-1-2-6-14)17-9-10-18(19)12-16-8-4-3-7-15(16)11-17/h3-4,7-8,14,17-18,20H,1-2,5-6,9-13H2. The van der Waals surface area contributed by atoms with Gasteiger partial charge in [0.2, 0.25) is 0 Å². The largest absolute Gasteiger partial charge is 0.389 e. The van der Waals surface area contributed by atoms with Crippen LogP contribution in [-0.4, -0.2) is 10.7 Å². The van der Waals surface area contributed by atoms with Crippen molar-refractivity contribution in [3.05, 3.63) is 35.4 Å². The van der Waals surface area contributed by atoms with E-state index in [0.29, 0.717) is 11.8 Å². The van der Waals surface area contributed by atoms with Crippen LogP contribution < -0.4 is 0 Å². The molecule has 1 nitrogen and oxygen atoms in total. The molecule has 0 spiro atoms. The first-order valence-electron chi connectivity index (χ1n) is 8.55. The molecule has 4 rings (SSSR count). The van der Waals surface area contributed by atoms with Gasteiger partial charge in [-0.1, -0.05) is 49.9 Å². The number of hydrogen-bond donors (Lipinski definition) is 1. The van der Waals surface area contributed by atoms with Crippen LogP contribution in [0.3, 0.4) is 0 Å². The monoisotopic (exact) mass is 270 g/mol. The predicted molar refractivity (Wildman–Crippen MR) is 81.6 cm³/mol. The molecule has 108 valence electrons. The minimum atomic E-state index is -0.367. The molecule has 0 radical (unpaired) electrons. The summed E-state index contributed by atoms with van der Waals surface area (Å²) in [7, 11) is 0. The predicted octanol–water partition coefficient (Wildman–Crippen LogP) is 4.12. The molecule has 1 aromatic rings. The van der Waals surface area contributed by atoms with Crippen LogP contribution in [0, 0.1) is 17.8 Å². The Bertz CT molecular complexity index is 453. The van der Waals surface area contributed by atoms with Crippen molar-refractivity contribution in [3.8, 4) is 0 Å². The molecular formula is C19H26O. The molecule has 1 N–H and O–H groups in total. The van der Waals surface area contributed by atoms with Gasteiger partial charge in [0.05, 0.1) is 5.60 Å². The Morgan fingerprint density at radius 2 is 1.45 bits per heavy atom. The molecule has 2 saturated carbocycles. The molecule has 20 heavy (non-hydrogen) atoms. The van der Waals surface area contributed by atoms with E-state index in [2.05, 4.69) is 24.3 Å². The van der Waals surface area contributed by atoms with Gasteiger partial charge in [-0.2, -0.15) is 0 Å². The summed E-state index contributed by atoms with van der Waals surface area (Å²) in [6, 6.07) is 8.89. The molecule has 2 fully saturated rings. The van der Waals surface area contributed by atoms with Crippen LogP contribution in [0.4, 0.5) is 0 Å². The third-order valence-electron chi connectivity index (χ3n) is 6.42. The maximum Gasteiger partial charge on any atom is 0.0712 e. The topological polar surface area (TPSA) is 20.2 Å². The van der Waals surface area contributed by atoms with Crippen LogP contribution in [0.15, 0.2) is 24.3 Å². The number of benzene rings is 1. The van der Waals surface area contributed by atoms with Crippen LogP contribution in [0.1, 0.15) is 56.1 Å². The highest BCUT2D eigenvalue weighted by atomic mass is 16.3. The van der Waals surface area contributed by atoms with Gasteiger partial charge < -0.3 is 5.11 Å². The molecule has 0 aliphatic heterocycles. The van der Waals surface area contributed by atoms with Gasteiger partial charge in [0.25, 0.3) is 0 Å². The lowest BCUT2D eigenvalue weighted by atomic mass is 9.75. The average molecular weight is 270 g/mol. The SMILES string of the molecule is OC1(CC2CCCC2)C2CCC1Cc1ccccc1C2. The third kappa shape index (κ3) is 2.02. The second-order valence-corrected chi connectivity index (χ2v) is 7.49. The number of hydrogen-bond acceptors (Lipinski definition) is 1. The Balaban J connectivity index is 1.62. The van der Waals surface area contributed by atoms with Crippen molar-refractivity contribution < 1.29 is 5.11 Å². The second-order valence-electron chi connectivity index (χ2n) is 7.49. The quantitative estimate of drug-likeness (QED) is 0.857. The van der Waals surface area contributed by atoms with Crippen molar-refractivity contribution in [1.82, 2.24) is 0 Å². The lowest BCUT2D eigenvalue weighted by Gasteiger charge is -2.36. The molecular weight excluding hydrogens is 244 g/mol. The first-order valence-corrected chi connectivity index (χ1v) is 8.55. The fourth-order valence-electron chi connectivity index (χ4n) is 5.29. The van der Waals surface area contributed by atoms with E-state index in [0.717, 1.165) is 25.2 Å². The summed E-state index contributed by atoms with van der Waals surface area (Å²) in [4.78, 5) is 0. The maximum absolute atomic E-state index is 11.5. The first kappa shape index (κ1) is 12.9. The number of rotatable bonds is 2. The highest BCUT2D eigenvalue weighted by molar-refractivity contribution is 5.31. The summed E-state index contributed by atoms with van der Waals surface area (Å²) in [6.07, 6.45) is 11.3. The number of fused-ring (bicyclic) bond motifs is 3. The van der Waals surface area contributed by atoms with Gasteiger partial charge in [0, 0.05) is 0 Å². The minimum Gasteiger partial charge on any atom is -0.389 e. The zero-order valence-electron chi connectivity index (χ0n) is 12.4. The highest BCUT2D eigenvalue weighted by Gasteiger charge is 2.51. The van der Waals surface area contributed by atoms with Gasteiger partial charge in [0.1, 0.15) is 0 Å². The average Bonchev–Trinajstić information content (AvgIpc) is 2.98. The van der Waals surface area contributed by atoms with Gasteiger partial charge in [0.15, 0.2) is 0 Å². The highest BCUT2D eigenvalue weighted by Crippen LogP contribution is 2.51. The zero-order chi connectivity index (χ0) is 13.6. The van der Waals surface area contributed by atoms with E-state index in [9.17, 15) is 5.11 Å². The molecule has 2 atom stereocenters. The van der Waals surface area contributed by atoms with Crippen LogP contribution in [0.5, 0.6) is 0 Å². The zero-order valence-corrected chi connectivity index (χ0v) is 12.4. The van der Waals surface area contributed by atoms with E-state index >= 15 is 0 Å². The van der Waals surface area contributed by atoms with Gasteiger partial charge in [-0.3, -0.25) is 0 Å². The van der Waals surface area contributed by atoms with E-state index in [1.807, 2.05) is 0 Å². The van der Waals surface area contributed by atoms with Gasteiger partial charge in [-0.15, -0.1) is 0 Å². The van der Waals surface area contributed by atoms with Crippen molar-refractivity contribution in [2.45, 2.75) is 63.4 Å². The molecule has 0 aromatic heterocycles. The summed E-state index contributed by atoms with van der Waals surface area (Å²) < 4.78 is 0. The van der Waals surface area contributed by atoms with Crippen molar-refractivity contribution in [2.24, 2.45) is 17.8 Å². The maximum atomic E-state index is 11.5. The molecule has 0 heterocycles. The summed E-state index contributed by atoms with van der Waals surface area (Å²) in [5.41, 5.74) is 2.64. The molecule has 2 bridgehead atoms. The first-order chi connectivity index (χ1) is 9.75. The van der Waals surface area contributed by atoms with Crippen molar-refractivity contribution in [1.29, 1.82) is 0 Å². The van der Waals surface area contributed by atoms with E-state index < -0.39 is 0 Å². The fraction of sp³-hybridized carbons (Fsp3) is 0.684. The molecule has 0 saturated heterocycles. The molecule has 2 unspecified atom stereocenters. The van der Waals surface area contributed by atoms with Crippen LogP contribution in [0.25, 0.3) is 0 Å². The lowest BCUT2D eigenvalue weighted by molar-refractivity contribution is -0.0527. The third-order valence-corrected chi connectivity index (χ3v) is 6.42. The van der Waals surface area contributed by atoms with E-state index in [1.54, 1.807) is 0 Å². The van der Waals surface area contributed by atoms with Crippen molar-refractivity contribution >= 4 is 0 Å². The minimum absolute atomic E-state index is 0.367. The van der Waals surface area contributed by atoms with Crippen molar-refractivity contribution in [2.75, 3.05) is 0 Å². The Morgan fingerprint density at radius 3 is 2.00 bits per heavy atom.